The summed E-state index contributed by atoms with van der Waals surface area (Å²) in [6.45, 7) is 6.39. The van der Waals surface area contributed by atoms with Crippen LogP contribution in [0, 0.1) is 0 Å². The zero-order valence-electron chi connectivity index (χ0n) is 14.8. The summed E-state index contributed by atoms with van der Waals surface area (Å²) in [5, 5.41) is 2.30. The van der Waals surface area contributed by atoms with Gasteiger partial charge in [0.25, 0.3) is 5.91 Å². The summed E-state index contributed by atoms with van der Waals surface area (Å²) in [5.41, 5.74) is -1.18. The lowest BCUT2D eigenvalue weighted by atomic mass is 10.1. The molecular weight excluding hydrogens is 359 g/mol. The smallest absolute Gasteiger partial charge is 0.354 e. The van der Waals surface area contributed by atoms with E-state index in [2.05, 4.69) is 27.1 Å². The van der Waals surface area contributed by atoms with Crippen LogP contribution >= 0.6 is 0 Å². The molecular formula is C18H20F3N5O. The third-order valence-corrected chi connectivity index (χ3v) is 4.51. The van der Waals surface area contributed by atoms with Gasteiger partial charge in [-0.25, -0.2) is 9.97 Å². The predicted octanol–water partition coefficient (Wildman–Crippen LogP) is 2.89. The Morgan fingerprint density at radius 2 is 1.85 bits per heavy atom. The van der Waals surface area contributed by atoms with Crippen molar-refractivity contribution in [2.45, 2.75) is 13.1 Å². The number of hydrogen-bond donors (Lipinski definition) is 1. The number of halogens is 3. The highest BCUT2D eigenvalue weighted by Crippen LogP contribution is 2.34. The van der Waals surface area contributed by atoms with E-state index in [-0.39, 0.29) is 11.4 Å². The molecule has 0 bridgehead atoms. The second-order valence-electron chi connectivity index (χ2n) is 6.18. The number of hydrogen-bond acceptors (Lipinski definition) is 5. The molecule has 0 spiro atoms. The number of para-hydroxylation sites is 1. The van der Waals surface area contributed by atoms with E-state index in [4.69, 9.17) is 0 Å². The first-order chi connectivity index (χ1) is 12.9. The second-order valence-corrected chi connectivity index (χ2v) is 6.18. The number of piperazine rings is 1. The lowest BCUT2D eigenvalue weighted by Gasteiger charge is -2.34. The highest BCUT2D eigenvalue weighted by molar-refractivity contribution is 6.03. The summed E-state index contributed by atoms with van der Waals surface area (Å²) in [6, 6.07) is 6.36. The van der Waals surface area contributed by atoms with Crippen molar-refractivity contribution in [3.63, 3.8) is 0 Å². The Kier molecular flexibility index (Phi) is 5.59. The lowest BCUT2D eigenvalue weighted by molar-refractivity contribution is -0.136. The molecule has 0 aliphatic carbocycles. The number of anilines is 2. The number of nitrogens with one attached hydrogen (secondary N) is 1. The van der Waals surface area contributed by atoms with E-state index < -0.39 is 17.6 Å². The maximum absolute atomic E-state index is 13.1. The Labute approximate surface area is 155 Å². The molecule has 1 N–H and O–H groups in total. The van der Waals surface area contributed by atoms with Gasteiger partial charge in [-0.15, -0.1) is 0 Å². The molecule has 2 heterocycles. The standard InChI is InChI=1S/C18H20F3N5O/c1-2-25-7-9-26(10-8-25)16-11-15(22-12-23-16)17(27)24-14-6-4-3-5-13(14)18(19,20)21/h3-6,11-12H,2,7-10H2,1H3,(H,24,27). The molecule has 0 unspecified atom stereocenters. The Morgan fingerprint density at radius 3 is 2.52 bits per heavy atom. The molecule has 6 nitrogen and oxygen atoms in total. The van der Waals surface area contributed by atoms with Gasteiger partial charge in [-0.2, -0.15) is 13.2 Å². The molecule has 1 aliphatic rings. The van der Waals surface area contributed by atoms with E-state index in [1.54, 1.807) is 0 Å². The zero-order chi connectivity index (χ0) is 19.4. The summed E-state index contributed by atoms with van der Waals surface area (Å²) >= 11 is 0. The molecule has 1 aromatic carbocycles. The summed E-state index contributed by atoms with van der Waals surface area (Å²) in [7, 11) is 0. The van der Waals surface area contributed by atoms with Crippen molar-refractivity contribution in [1.82, 2.24) is 14.9 Å². The predicted molar refractivity (Wildman–Crippen MR) is 95.8 cm³/mol. The SMILES string of the molecule is CCN1CCN(c2cc(C(=O)Nc3ccccc3C(F)(F)F)ncn2)CC1. The molecule has 3 rings (SSSR count). The number of carbonyl (C=O) groups is 1. The Morgan fingerprint density at radius 1 is 1.15 bits per heavy atom. The molecule has 1 aromatic heterocycles. The molecule has 1 fully saturated rings. The van der Waals surface area contributed by atoms with Crippen molar-refractivity contribution in [3.05, 3.63) is 47.9 Å². The van der Waals surface area contributed by atoms with E-state index in [1.807, 2.05) is 4.90 Å². The van der Waals surface area contributed by atoms with Gasteiger partial charge in [0.1, 0.15) is 17.8 Å². The fraction of sp³-hybridized carbons (Fsp3) is 0.389. The van der Waals surface area contributed by atoms with Crippen LogP contribution in [0.3, 0.4) is 0 Å². The average molecular weight is 379 g/mol. The molecule has 144 valence electrons. The first-order valence-corrected chi connectivity index (χ1v) is 8.65. The summed E-state index contributed by atoms with van der Waals surface area (Å²) in [4.78, 5) is 24.9. The Bertz CT molecular complexity index is 804. The lowest BCUT2D eigenvalue weighted by Crippen LogP contribution is -2.46. The molecule has 0 radical (unpaired) electrons. The molecule has 1 amide bonds. The summed E-state index contributed by atoms with van der Waals surface area (Å²) in [5.74, 6) is -0.113. The Balaban J connectivity index is 1.75. The molecule has 9 heteroatoms. The fourth-order valence-corrected chi connectivity index (χ4v) is 2.96. The largest absolute Gasteiger partial charge is 0.418 e. The first kappa shape index (κ1) is 19.1. The molecule has 1 saturated heterocycles. The monoisotopic (exact) mass is 379 g/mol. The molecule has 0 saturated carbocycles. The number of benzene rings is 1. The molecule has 0 atom stereocenters. The van der Waals surface area contributed by atoms with Gasteiger partial charge in [0, 0.05) is 32.2 Å². The van der Waals surface area contributed by atoms with Crippen LogP contribution in [0.1, 0.15) is 23.0 Å². The van der Waals surface area contributed by atoms with Crippen LogP contribution in [0.5, 0.6) is 0 Å². The van der Waals surface area contributed by atoms with Gasteiger partial charge in [0.15, 0.2) is 0 Å². The van der Waals surface area contributed by atoms with Crippen LogP contribution in [0.25, 0.3) is 0 Å². The van der Waals surface area contributed by atoms with E-state index in [0.717, 1.165) is 38.8 Å². The van der Waals surface area contributed by atoms with Gasteiger partial charge < -0.3 is 15.1 Å². The fourth-order valence-electron chi connectivity index (χ4n) is 2.96. The highest BCUT2D eigenvalue weighted by atomic mass is 19.4. The maximum atomic E-state index is 13.1. The zero-order valence-corrected chi connectivity index (χ0v) is 14.8. The maximum Gasteiger partial charge on any atom is 0.418 e. The van der Waals surface area contributed by atoms with Crippen molar-refractivity contribution in [3.8, 4) is 0 Å². The number of amides is 1. The van der Waals surface area contributed by atoms with Gasteiger partial charge in [-0.05, 0) is 18.7 Å². The van der Waals surface area contributed by atoms with E-state index in [1.165, 1.54) is 30.6 Å². The van der Waals surface area contributed by atoms with Gasteiger partial charge >= 0.3 is 6.18 Å². The normalized spacial score (nSPS) is 15.6. The van der Waals surface area contributed by atoms with Crippen molar-refractivity contribution in [2.24, 2.45) is 0 Å². The summed E-state index contributed by atoms with van der Waals surface area (Å²) < 4.78 is 39.2. The summed E-state index contributed by atoms with van der Waals surface area (Å²) in [6.07, 6.45) is -3.30. The van der Waals surface area contributed by atoms with E-state index in [0.29, 0.717) is 5.82 Å². The quantitative estimate of drug-likeness (QED) is 0.885. The van der Waals surface area contributed by atoms with E-state index in [9.17, 15) is 18.0 Å². The first-order valence-electron chi connectivity index (χ1n) is 8.65. The molecule has 1 aliphatic heterocycles. The number of aromatic nitrogens is 2. The van der Waals surface area contributed by atoms with Crippen molar-refractivity contribution >= 4 is 17.4 Å². The number of nitrogens with zero attached hydrogens (tertiary/aromatic N) is 4. The van der Waals surface area contributed by atoms with Crippen LogP contribution in [-0.4, -0.2) is 53.5 Å². The number of alkyl halides is 3. The third kappa shape index (κ3) is 4.54. The minimum atomic E-state index is -4.56. The highest BCUT2D eigenvalue weighted by Gasteiger charge is 2.33. The Hall–Kier alpha value is -2.68. The van der Waals surface area contributed by atoms with Gasteiger partial charge in [-0.3, -0.25) is 4.79 Å². The van der Waals surface area contributed by atoms with Crippen LogP contribution in [-0.2, 0) is 6.18 Å². The van der Waals surface area contributed by atoms with Crippen molar-refractivity contribution in [1.29, 1.82) is 0 Å². The van der Waals surface area contributed by atoms with Crippen LogP contribution in [0.4, 0.5) is 24.7 Å². The van der Waals surface area contributed by atoms with Crippen molar-refractivity contribution in [2.75, 3.05) is 42.9 Å². The minimum absolute atomic E-state index is 0.0231. The minimum Gasteiger partial charge on any atom is -0.354 e. The molecule has 2 aromatic rings. The van der Waals surface area contributed by atoms with E-state index >= 15 is 0 Å². The number of likely N-dealkylation sites (N-methyl/N-ethyl adjacent to an activating group) is 1. The molecule has 27 heavy (non-hydrogen) atoms. The average Bonchev–Trinajstić information content (AvgIpc) is 2.68. The number of rotatable bonds is 4. The van der Waals surface area contributed by atoms with Gasteiger partial charge in [0.2, 0.25) is 0 Å². The third-order valence-electron chi connectivity index (χ3n) is 4.51. The topological polar surface area (TPSA) is 61.4 Å². The van der Waals surface area contributed by atoms with Crippen molar-refractivity contribution < 1.29 is 18.0 Å². The second kappa shape index (κ2) is 7.91. The number of carbonyl (C=O) groups excluding carboxylic acids is 1. The van der Waals surface area contributed by atoms with Crippen LogP contribution in [0.15, 0.2) is 36.7 Å². The van der Waals surface area contributed by atoms with Crippen LogP contribution < -0.4 is 10.2 Å². The van der Waals surface area contributed by atoms with Gasteiger partial charge in [0.05, 0.1) is 11.3 Å². The van der Waals surface area contributed by atoms with Crippen LogP contribution in [0.2, 0.25) is 0 Å². The van der Waals surface area contributed by atoms with Gasteiger partial charge in [-0.1, -0.05) is 19.1 Å².